The molecule has 0 aromatic heterocycles. The second-order valence-electron chi connectivity index (χ2n) is 9.84. The Morgan fingerprint density at radius 3 is 2.58 bits per heavy atom. The van der Waals surface area contributed by atoms with Crippen LogP contribution in [0, 0.1) is 40.4 Å². The molecule has 4 aliphatic rings. The normalized spacial score (nSPS) is 53.9. The average Bonchev–Trinajstić information content (AvgIpc) is 2.84. The van der Waals surface area contributed by atoms with E-state index in [1.165, 1.54) is 0 Å². The van der Waals surface area contributed by atoms with Gasteiger partial charge < -0.3 is 5.11 Å². The first kappa shape index (κ1) is 16.8. The van der Waals surface area contributed by atoms with Gasteiger partial charge in [0.15, 0.2) is 0 Å². The van der Waals surface area contributed by atoms with Gasteiger partial charge in [-0.3, -0.25) is 9.59 Å². The zero-order chi connectivity index (χ0) is 17.3. The topological polar surface area (TPSA) is 54.4 Å². The van der Waals surface area contributed by atoms with Gasteiger partial charge in [0.25, 0.3) is 0 Å². The summed E-state index contributed by atoms with van der Waals surface area (Å²) in [6, 6.07) is 0. The molecular formula is C21H32O3. The second kappa shape index (κ2) is 5.40. The number of rotatable bonds is 1. The molecule has 24 heavy (non-hydrogen) atoms. The van der Waals surface area contributed by atoms with Gasteiger partial charge in [0.2, 0.25) is 0 Å². The second-order valence-corrected chi connectivity index (χ2v) is 9.84. The molecule has 4 saturated carbocycles. The number of ketones is 2. The first-order valence-electron chi connectivity index (χ1n) is 9.97. The Kier molecular flexibility index (Phi) is 3.77. The first-order chi connectivity index (χ1) is 11.3. The van der Waals surface area contributed by atoms with Gasteiger partial charge >= 0.3 is 0 Å². The summed E-state index contributed by atoms with van der Waals surface area (Å²) in [6.07, 6.45) is 7.27. The van der Waals surface area contributed by atoms with Gasteiger partial charge in [-0.15, -0.1) is 0 Å². The van der Waals surface area contributed by atoms with Crippen molar-refractivity contribution < 1.29 is 14.7 Å². The van der Waals surface area contributed by atoms with Crippen LogP contribution in [0.25, 0.3) is 0 Å². The number of carbonyl (C=O) groups is 2. The number of hydrogen-bond acceptors (Lipinski definition) is 3. The molecule has 0 radical (unpaired) electrons. The predicted molar refractivity (Wildman–Crippen MR) is 92.3 cm³/mol. The van der Waals surface area contributed by atoms with Crippen LogP contribution in [-0.4, -0.2) is 22.8 Å². The molecule has 3 heteroatoms. The van der Waals surface area contributed by atoms with E-state index in [0.29, 0.717) is 41.7 Å². The largest absolute Gasteiger partial charge is 0.393 e. The van der Waals surface area contributed by atoms with E-state index in [1.807, 2.05) is 0 Å². The minimum absolute atomic E-state index is 0.0138. The van der Waals surface area contributed by atoms with Crippen molar-refractivity contribution in [2.45, 2.75) is 78.2 Å². The lowest BCUT2D eigenvalue weighted by molar-refractivity contribution is -0.173. The van der Waals surface area contributed by atoms with Crippen LogP contribution in [-0.2, 0) is 9.59 Å². The van der Waals surface area contributed by atoms with E-state index in [2.05, 4.69) is 13.8 Å². The molecule has 134 valence electrons. The molecule has 1 N–H and O–H groups in total. The molecule has 0 saturated heterocycles. The zero-order valence-corrected chi connectivity index (χ0v) is 15.4. The molecule has 0 spiro atoms. The smallest absolute Gasteiger partial charge is 0.133 e. The molecule has 0 aliphatic heterocycles. The van der Waals surface area contributed by atoms with Crippen molar-refractivity contribution in [3.05, 3.63) is 0 Å². The summed E-state index contributed by atoms with van der Waals surface area (Å²) in [7, 11) is 0. The van der Waals surface area contributed by atoms with Gasteiger partial charge in [-0.25, -0.2) is 0 Å². The molecule has 0 aromatic carbocycles. The predicted octanol–water partition coefficient (Wildman–Crippen LogP) is 3.77. The lowest BCUT2D eigenvalue weighted by Gasteiger charge is -2.61. The molecule has 8 unspecified atom stereocenters. The molecule has 3 nitrogen and oxygen atoms in total. The minimum Gasteiger partial charge on any atom is -0.393 e. The van der Waals surface area contributed by atoms with E-state index in [9.17, 15) is 14.7 Å². The van der Waals surface area contributed by atoms with Crippen molar-refractivity contribution in [3.63, 3.8) is 0 Å². The Bertz CT molecular complexity index is 569. The van der Waals surface area contributed by atoms with Crippen LogP contribution in [0.5, 0.6) is 0 Å². The summed E-state index contributed by atoms with van der Waals surface area (Å²) >= 11 is 0. The van der Waals surface area contributed by atoms with E-state index >= 15 is 0 Å². The van der Waals surface area contributed by atoms with Crippen molar-refractivity contribution in [3.8, 4) is 0 Å². The SMILES string of the molecule is CC(=O)C1CCC2C3CCC4CC(=O)CCC4(C)C3C(O)CC12C. The number of aliphatic hydroxyl groups excluding tert-OH is 1. The van der Waals surface area contributed by atoms with Gasteiger partial charge in [0.05, 0.1) is 6.10 Å². The number of Topliss-reactive ketones (excluding diaryl/α,β-unsaturated/α-hetero) is 2. The summed E-state index contributed by atoms with van der Waals surface area (Å²) in [6.45, 7) is 6.36. The number of hydrogen-bond donors (Lipinski definition) is 1. The summed E-state index contributed by atoms with van der Waals surface area (Å²) < 4.78 is 0. The van der Waals surface area contributed by atoms with Crippen LogP contribution in [0.2, 0.25) is 0 Å². The summed E-state index contributed by atoms with van der Waals surface area (Å²) in [5.74, 6) is 2.78. The molecule has 0 bridgehead atoms. The third-order valence-electron chi connectivity index (χ3n) is 8.90. The van der Waals surface area contributed by atoms with Gasteiger partial charge in [-0.1, -0.05) is 13.8 Å². The molecule has 0 heterocycles. The maximum absolute atomic E-state index is 12.2. The van der Waals surface area contributed by atoms with Gasteiger partial charge in [0.1, 0.15) is 11.6 Å². The maximum Gasteiger partial charge on any atom is 0.133 e. The fraction of sp³-hybridized carbons (Fsp3) is 0.905. The average molecular weight is 332 g/mol. The third kappa shape index (κ3) is 2.12. The van der Waals surface area contributed by atoms with Crippen molar-refractivity contribution in [1.82, 2.24) is 0 Å². The Morgan fingerprint density at radius 2 is 1.88 bits per heavy atom. The molecular weight excluding hydrogens is 300 g/mol. The molecule has 8 atom stereocenters. The van der Waals surface area contributed by atoms with Crippen molar-refractivity contribution in [1.29, 1.82) is 0 Å². The number of fused-ring (bicyclic) bond motifs is 5. The molecule has 4 aliphatic carbocycles. The van der Waals surface area contributed by atoms with Crippen LogP contribution in [0.15, 0.2) is 0 Å². The summed E-state index contributed by atoms with van der Waals surface area (Å²) in [4.78, 5) is 24.1. The molecule has 0 aromatic rings. The Balaban J connectivity index is 1.68. The Morgan fingerprint density at radius 1 is 1.12 bits per heavy atom. The van der Waals surface area contributed by atoms with Crippen molar-refractivity contribution >= 4 is 11.6 Å². The number of carbonyl (C=O) groups excluding carboxylic acids is 2. The van der Waals surface area contributed by atoms with Gasteiger partial charge in [0, 0.05) is 18.8 Å². The van der Waals surface area contributed by atoms with E-state index in [1.54, 1.807) is 6.92 Å². The van der Waals surface area contributed by atoms with Gasteiger partial charge in [-0.2, -0.15) is 0 Å². The monoisotopic (exact) mass is 332 g/mol. The maximum atomic E-state index is 12.2. The van der Waals surface area contributed by atoms with Crippen LogP contribution >= 0.6 is 0 Å². The zero-order valence-electron chi connectivity index (χ0n) is 15.4. The molecule has 0 amide bonds. The number of aliphatic hydroxyl groups is 1. The highest BCUT2D eigenvalue weighted by Crippen LogP contribution is 2.67. The van der Waals surface area contributed by atoms with E-state index < -0.39 is 0 Å². The van der Waals surface area contributed by atoms with E-state index in [4.69, 9.17) is 0 Å². The van der Waals surface area contributed by atoms with Gasteiger partial charge in [-0.05, 0) is 80.0 Å². The Hall–Kier alpha value is -0.700. The molecule has 4 fully saturated rings. The van der Waals surface area contributed by atoms with E-state index in [0.717, 1.165) is 44.9 Å². The summed E-state index contributed by atoms with van der Waals surface area (Å²) in [5.41, 5.74) is 0.103. The van der Waals surface area contributed by atoms with Crippen LogP contribution in [0.3, 0.4) is 0 Å². The fourth-order valence-corrected chi connectivity index (χ4v) is 7.84. The minimum atomic E-state index is -0.308. The molecule has 4 rings (SSSR count). The van der Waals surface area contributed by atoms with E-state index in [-0.39, 0.29) is 22.9 Å². The standard InChI is InChI=1S/C21H32O3/c1-12(22)16-6-7-17-15-5-4-13-10-14(23)8-9-20(13,2)19(15)18(24)11-21(16,17)3/h13,15-19,24H,4-11H2,1-3H3. The fourth-order valence-electron chi connectivity index (χ4n) is 7.84. The van der Waals surface area contributed by atoms with Crippen molar-refractivity contribution in [2.75, 3.05) is 0 Å². The third-order valence-corrected chi connectivity index (χ3v) is 8.90. The lowest BCUT2D eigenvalue weighted by Crippen LogP contribution is -2.59. The quantitative estimate of drug-likeness (QED) is 0.795. The van der Waals surface area contributed by atoms with Crippen LogP contribution < -0.4 is 0 Å². The first-order valence-corrected chi connectivity index (χ1v) is 9.97. The highest BCUT2D eigenvalue weighted by molar-refractivity contribution is 5.80. The lowest BCUT2D eigenvalue weighted by atomic mass is 9.44. The summed E-state index contributed by atoms with van der Waals surface area (Å²) in [5, 5.41) is 11.2. The Labute approximate surface area is 145 Å². The highest BCUT2D eigenvalue weighted by Gasteiger charge is 2.63. The van der Waals surface area contributed by atoms with Crippen LogP contribution in [0.4, 0.5) is 0 Å². The van der Waals surface area contributed by atoms with Crippen LogP contribution in [0.1, 0.15) is 72.1 Å². The highest BCUT2D eigenvalue weighted by atomic mass is 16.3. The van der Waals surface area contributed by atoms with Crippen molar-refractivity contribution in [2.24, 2.45) is 40.4 Å².